The summed E-state index contributed by atoms with van der Waals surface area (Å²) in [6.07, 6.45) is 4.02. The van der Waals surface area contributed by atoms with Gasteiger partial charge < -0.3 is 30.0 Å². The molecular formula is C38H56Cl2N6O8. The van der Waals surface area contributed by atoms with Gasteiger partial charge in [0, 0.05) is 34.3 Å². The number of piperidine rings is 2. The number of carboxylic acids is 1. The van der Waals surface area contributed by atoms with Crippen LogP contribution in [0.15, 0.2) is 58.2 Å². The average molecular weight is 796 g/mol. The van der Waals surface area contributed by atoms with Crippen LogP contribution in [0.5, 0.6) is 0 Å². The molecule has 2 saturated heterocycles. The molecule has 2 aliphatic heterocycles. The number of carboxylic acid groups (broad SMARTS) is 1. The van der Waals surface area contributed by atoms with E-state index in [4.69, 9.17) is 53.2 Å². The Morgan fingerprint density at radius 2 is 1.39 bits per heavy atom. The van der Waals surface area contributed by atoms with Crippen LogP contribution in [0.2, 0.25) is 10.0 Å². The van der Waals surface area contributed by atoms with E-state index < -0.39 is 29.3 Å². The van der Waals surface area contributed by atoms with E-state index >= 15 is 0 Å². The van der Waals surface area contributed by atoms with Crippen molar-refractivity contribution in [1.82, 2.24) is 19.9 Å². The molecule has 4 N–H and O–H groups in total. The largest absolute Gasteiger partial charge is 0.480 e. The molecule has 2 fully saturated rings. The van der Waals surface area contributed by atoms with Crippen LogP contribution in [0.25, 0.3) is 11.4 Å². The Morgan fingerprint density at radius 3 is 1.93 bits per heavy atom. The van der Waals surface area contributed by atoms with Gasteiger partial charge >= 0.3 is 18.2 Å². The highest BCUT2D eigenvalue weighted by Crippen LogP contribution is 2.32. The minimum Gasteiger partial charge on any atom is -0.480 e. The van der Waals surface area contributed by atoms with Crippen molar-refractivity contribution < 1.29 is 38.7 Å². The molecule has 2 unspecified atom stereocenters. The third kappa shape index (κ3) is 15.1. The van der Waals surface area contributed by atoms with Gasteiger partial charge in [0.05, 0.1) is 0 Å². The highest BCUT2D eigenvalue weighted by Gasteiger charge is 2.36. The number of benzene rings is 2. The standard InChI is InChI=1S/C18H22ClN3O3.C11H19NO4.C7H7ClN2O.2CH4/c1-18(2,3)24-17(23)22-10-5-4-9-14(22)16-20-15(21-25-16)12-7-6-8-13(19)11-12;1-11(2,3)16-10(15)12-7-5-4-6-8(12)9(13)14;8-6-3-1-2-5(4-6)7(9)10-11;;/h6-8,11,14H,4-5,9-10H2,1-3H3;8H,4-7H2,1-3H3,(H,13,14);1-4,11H,(H2,9,10);2*1H4. The summed E-state index contributed by atoms with van der Waals surface area (Å²) in [7, 11) is 0. The van der Waals surface area contributed by atoms with Crippen molar-refractivity contribution in [2.24, 2.45) is 10.9 Å². The monoisotopic (exact) mass is 794 g/mol. The van der Waals surface area contributed by atoms with Gasteiger partial charge in [-0.05, 0) is 104 Å². The Balaban J connectivity index is 0.000000434. The smallest absolute Gasteiger partial charge is 0.411 e. The van der Waals surface area contributed by atoms with Crippen LogP contribution >= 0.6 is 23.2 Å². The van der Waals surface area contributed by atoms with Crippen molar-refractivity contribution >= 4 is 47.2 Å². The number of oxime groups is 1. The Labute approximate surface area is 328 Å². The first-order valence-corrected chi connectivity index (χ1v) is 17.7. The minimum atomic E-state index is -0.953. The Bertz CT molecular complexity index is 1690. The fourth-order valence-electron chi connectivity index (χ4n) is 5.28. The Kier molecular flexibility index (Phi) is 18.8. The molecule has 300 valence electrons. The molecule has 0 bridgehead atoms. The number of carbonyl (C=O) groups excluding carboxylic acids is 2. The number of hydrogen-bond donors (Lipinski definition) is 3. The van der Waals surface area contributed by atoms with Gasteiger partial charge in [0.2, 0.25) is 11.7 Å². The molecular weight excluding hydrogens is 739 g/mol. The molecule has 2 aliphatic rings. The first-order chi connectivity index (χ1) is 24.4. The maximum Gasteiger partial charge on any atom is 0.411 e. The topological polar surface area (TPSA) is 194 Å². The van der Waals surface area contributed by atoms with Crippen molar-refractivity contribution in [3.63, 3.8) is 0 Å². The van der Waals surface area contributed by atoms with E-state index in [9.17, 15) is 14.4 Å². The summed E-state index contributed by atoms with van der Waals surface area (Å²) < 4.78 is 16.2. The van der Waals surface area contributed by atoms with Crippen LogP contribution in [0, 0.1) is 0 Å². The highest BCUT2D eigenvalue weighted by atomic mass is 35.5. The number of rotatable bonds is 4. The van der Waals surface area contributed by atoms with Crippen molar-refractivity contribution in [3.8, 4) is 11.4 Å². The molecule has 2 amide bonds. The normalized spacial score (nSPS) is 17.2. The molecule has 2 aromatic carbocycles. The number of aliphatic carboxylic acids is 1. The van der Waals surface area contributed by atoms with Gasteiger partial charge in [-0.15, -0.1) is 0 Å². The third-order valence-electron chi connectivity index (χ3n) is 7.58. The highest BCUT2D eigenvalue weighted by molar-refractivity contribution is 6.31. The van der Waals surface area contributed by atoms with Crippen LogP contribution in [0.4, 0.5) is 9.59 Å². The number of amidine groups is 1. The molecule has 3 heterocycles. The van der Waals surface area contributed by atoms with Gasteiger partial charge in [0.25, 0.3) is 0 Å². The van der Waals surface area contributed by atoms with E-state index in [0.717, 1.165) is 37.7 Å². The first-order valence-electron chi connectivity index (χ1n) is 16.9. The number of ether oxygens (including phenoxy) is 2. The fourth-order valence-corrected chi connectivity index (χ4v) is 5.66. The van der Waals surface area contributed by atoms with Crippen LogP contribution in [0.1, 0.15) is 112 Å². The van der Waals surface area contributed by atoms with Crippen molar-refractivity contribution in [2.75, 3.05) is 13.1 Å². The zero-order chi connectivity index (χ0) is 38.6. The second kappa shape index (κ2) is 21.4. The zero-order valence-corrected chi connectivity index (χ0v) is 31.9. The van der Waals surface area contributed by atoms with Gasteiger partial charge in [-0.1, -0.05) is 72.6 Å². The maximum absolute atomic E-state index is 12.5. The number of amides is 2. The second-order valence-corrected chi connectivity index (χ2v) is 15.0. The summed E-state index contributed by atoms with van der Waals surface area (Å²) in [6.45, 7) is 12.0. The summed E-state index contributed by atoms with van der Waals surface area (Å²) in [5, 5.41) is 25.4. The van der Waals surface area contributed by atoms with Gasteiger partial charge in [0.1, 0.15) is 23.3 Å². The molecule has 0 aliphatic carbocycles. The van der Waals surface area contributed by atoms with Crippen molar-refractivity contribution in [1.29, 1.82) is 0 Å². The quantitative estimate of drug-likeness (QED) is 0.0985. The summed E-state index contributed by atoms with van der Waals surface area (Å²) >= 11 is 11.7. The lowest BCUT2D eigenvalue weighted by Gasteiger charge is -2.34. The SMILES string of the molecule is C.C.CC(C)(C)OC(=O)N1CCCCC1C(=O)O.CC(C)(C)OC(=O)N1CCCCC1c1nc(-c2cccc(Cl)c2)no1.N/C(=N\O)c1cccc(Cl)c1. The minimum absolute atomic E-state index is 0. The lowest BCUT2D eigenvalue weighted by molar-refractivity contribution is -0.144. The third-order valence-corrected chi connectivity index (χ3v) is 8.05. The molecule has 0 radical (unpaired) electrons. The fraction of sp³-hybridized carbons (Fsp3) is 0.526. The summed E-state index contributed by atoms with van der Waals surface area (Å²) in [6, 6.07) is 13.1. The van der Waals surface area contributed by atoms with E-state index in [1.807, 2.05) is 32.9 Å². The number of aromatic nitrogens is 2. The van der Waals surface area contributed by atoms with Crippen molar-refractivity contribution in [2.45, 2.75) is 118 Å². The molecule has 2 atom stereocenters. The van der Waals surface area contributed by atoms with Gasteiger partial charge in [0.15, 0.2) is 5.84 Å². The van der Waals surface area contributed by atoms with Crippen molar-refractivity contribution in [3.05, 3.63) is 70.0 Å². The van der Waals surface area contributed by atoms with Gasteiger partial charge in [-0.25, -0.2) is 14.4 Å². The van der Waals surface area contributed by atoms with Gasteiger partial charge in [-0.3, -0.25) is 9.80 Å². The molecule has 0 saturated carbocycles. The van der Waals surface area contributed by atoms with Gasteiger partial charge in [-0.2, -0.15) is 4.98 Å². The number of nitrogens with two attached hydrogens (primary N) is 1. The maximum atomic E-state index is 12.5. The summed E-state index contributed by atoms with van der Waals surface area (Å²) in [5.41, 5.74) is 5.57. The molecule has 14 nitrogen and oxygen atoms in total. The molecule has 16 heteroatoms. The predicted molar refractivity (Wildman–Crippen MR) is 210 cm³/mol. The molecule has 0 spiro atoms. The second-order valence-electron chi connectivity index (χ2n) is 14.2. The van der Waals surface area contributed by atoms with Crippen LogP contribution in [-0.4, -0.2) is 84.6 Å². The average Bonchev–Trinajstić information content (AvgIpc) is 3.57. The Morgan fingerprint density at radius 1 is 0.852 bits per heavy atom. The lowest BCUT2D eigenvalue weighted by atomic mass is 10.0. The summed E-state index contributed by atoms with van der Waals surface area (Å²) in [5.74, 6) is 0.00538. The van der Waals surface area contributed by atoms with E-state index in [-0.39, 0.29) is 32.8 Å². The lowest BCUT2D eigenvalue weighted by Crippen LogP contribution is -2.49. The molecule has 5 rings (SSSR count). The van der Waals surface area contributed by atoms with E-state index in [1.54, 1.807) is 62.1 Å². The van der Waals surface area contributed by atoms with E-state index in [0.29, 0.717) is 46.8 Å². The summed E-state index contributed by atoms with van der Waals surface area (Å²) in [4.78, 5) is 42.8. The van der Waals surface area contributed by atoms with E-state index in [1.165, 1.54) is 4.90 Å². The van der Waals surface area contributed by atoms with Crippen LogP contribution in [-0.2, 0) is 14.3 Å². The number of nitrogens with zero attached hydrogens (tertiary/aromatic N) is 5. The number of carbonyl (C=O) groups is 3. The molecule has 54 heavy (non-hydrogen) atoms. The van der Waals surface area contributed by atoms with Crippen LogP contribution < -0.4 is 5.73 Å². The van der Waals surface area contributed by atoms with Crippen LogP contribution in [0.3, 0.4) is 0 Å². The Hall–Kier alpha value is -4.56. The molecule has 3 aromatic rings. The number of hydrogen-bond acceptors (Lipinski definition) is 10. The first kappa shape index (κ1) is 47.5. The van der Waals surface area contributed by atoms with E-state index in [2.05, 4.69) is 15.3 Å². The number of halogens is 2. The number of likely N-dealkylation sites (tertiary alicyclic amines) is 2. The molecule has 1 aromatic heterocycles. The predicted octanol–water partition coefficient (Wildman–Crippen LogP) is 9.42. The zero-order valence-electron chi connectivity index (χ0n) is 30.3.